The van der Waals surface area contributed by atoms with Crippen molar-refractivity contribution in [1.82, 2.24) is 5.32 Å². The van der Waals surface area contributed by atoms with Crippen LogP contribution in [0.2, 0.25) is 0 Å². The topological polar surface area (TPSA) is 24.5 Å². The summed E-state index contributed by atoms with van der Waals surface area (Å²) < 4.78 is 5.55. The van der Waals surface area contributed by atoms with Crippen molar-refractivity contribution in [2.75, 3.05) is 24.6 Å². The molecule has 0 aliphatic carbocycles. The van der Waals surface area contributed by atoms with Gasteiger partial charge in [-0.1, -0.05) is 27.2 Å². The molecule has 3 unspecified atom stereocenters. The number of nitrogens with zero attached hydrogens (tertiary/aromatic N) is 1. The Morgan fingerprint density at radius 1 is 1.24 bits per heavy atom. The van der Waals surface area contributed by atoms with Crippen molar-refractivity contribution < 1.29 is 4.74 Å². The number of anilines is 1. The summed E-state index contributed by atoms with van der Waals surface area (Å²) in [6.07, 6.45) is 2.40. The monoisotopic (exact) mass is 290 g/mol. The van der Waals surface area contributed by atoms with Crippen LogP contribution in [0.25, 0.3) is 0 Å². The molecule has 21 heavy (non-hydrogen) atoms. The van der Waals surface area contributed by atoms with Gasteiger partial charge in [-0.3, -0.25) is 0 Å². The van der Waals surface area contributed by atoms with Gasteiger partial charge in [0, 0.05) is 30.9 Å². The molecule has 3 nitrogen and oxygen atoms in total. The lowest BCUT2D eigenvalue weighted by Crippen LogP contribution is -2.58. The van der Waals surface area contributed by atoms with E-state index >= 15 is 0 Å². The molecule has 3 heteroatoms. The molecule has 0 spiro atoms. The predicted octanol–water partition coefficient (Wildman–Crippen LogP) is 3.69. The highest BCUT2D eigenvalue weighted by Crippen LogP contribution is 2.26. The largest absolute Gasteiger partial charge is 0.494 e. The molecule has 1 aliphatic heterocycles. The second-order valence-corrected chi connectivity index (χ2v) is 6.04. The summed E-state index contributed by atoms with van der Waals surface area (Å²) in [5.41, 5.74) is 1.32. The van der Waals surface area contributed by atoms with Crippen molar-refractivity contribution in [3.8, 4) is 5.75 Å². The summed E-state index contributed by atoms with van der Waals surface area (Å²) in [6, 6.07) is 9.75. The third-order valence-corrected chi connectivity index (χ3v) is 4.73. The first kappa shape index (κ1) is 16.2. The minimum Gasteiger partial charge on any atom is -0.494 e. The van der Waals surface area contributed by atoms with Crippen LogP contribution in [0.4, 0.5) is 5.69 Å². The average Bonchev–Trinajstić information content (AvgIpc) is 2.54. The van der Waals surface area contributed by atoms with E-state index in [1.165, 1.54) is 18.5 Å². The number of nitrogens with one attached hydrogen (secondary N) is 1. The van der Waals surface area contributed by atoms with E-state index in [9.17, 15) is 0 Å². The lowest BCUT2D eigenvalue weighted by Gasteiger charge is -2.43. The third-order valence-electron chi connectivity index (χ3n) is 4.73. The predicted molar refractivity (Wildman–Crippen MR) is 90.3 cm³/mol. The number of benzene rings is 1. The fourth-order valence-corrected chi connectivity index (χ4v) is 3.07. The van der Waals surface area contributed by atoms with Gasteiger partial charge in [0.2, 0.25) is 0 Å². The molecular formula is C18H30N2O. The standard InChI is InChI=1S/C18H30N2O/c1-5-14(4)18-13-20(15(6-2)12-19-18)16-8-10-17(11-9-16)21-7-3/h8-11,14-15,18-19H,5-7,12-13H2,1-4H3. The lowest BCUT2D eigenvalue weighted by atomic mass is 9.94. The molecule has 1 aromatic carbocycles. The summed E-state index contributed by atoms with van der Waals surface area (Å²) in [4.78, 5) is 2.57. The van der Waals surface area contributed by atoms with Crippen LogP contribution < -0.4 is 15.0 Å². The Morgan fingerprint density at radius 2 is 1.95 bits per heavy atom. The SMILES string of the molecule is CCOc1ccc(N2CC(C(C)CC)NCC2CC)cc1. The number of hydrogen-bond acceptors (Lipinski definition) is 3. The second kappa shape index (κ2) is 7.69. The van der Waals surface area contributed by atoms with Crippen LogP contribution in [0.15, 0.2) is 24.3 Å². The molecule has 1 N–H and O–H groups in total. The fraction of sp³-hybridized carbons (Fsp3) is 0.667. The van der Waals surface area contributed by atoms with E-state index in [0.717, 1.165) is 25.4 Å². The number of hydrogen-bond donors (Lipinski definition) is 1. The summed E-state index contributed by atoms with van der Waals surface area (Å²) >= 11 is 0. The highest BCUT2D eigenvalue weighted by molar-refractivity contribution is 5.50. The maximum absolute atomic E-state index is 5.55. The molecular weight excluding hydrogens is 260 g/mol. The molecule has 0 amide bonds. The fourth-order valence-electron chi connectivity index (χ4n) is 3.07. The number of piperazine rings is 1. The van der Waals surface area contributed by atoms with E-state index in [4.69, 9.17) is 4.74 Å². The zero-order chi connectivity index (χ0) is 15.2. The normalized spacial score (nSPS) is 23.9. The third kappa shape index (κ3) is 3.91. The number of ether oxygens (including phenoxy) is 1. The Balaban J connectivity index is 2.12. The van der Waals surface area contributed by atoms with Gasteiger partial charge in [0.1, 0.15) is 5.75 Å². The van der Waals surface area contributed by atoms with Gasteiger partial charge in [0.25, 0.3) is 0 Å². The van der Waals surface area contributed by atoms with Gasteiger partial charge in [0.05, 0.1) is 6.61 Å². The summed E-state index contributed by atoms with van der Waals surface area (Å²) in [5, 5.41) is 3.74. The van der Waals surface area contributed by atoms with E-state index in [1.54, 1.807) is 0 Å². The van der Waals surface area contributed by atoms with Crippen molar-refractivity contribution in [1.29, 1.82) is 0 Å². The molecule has 0 bridgehead atoms. The van der Waals surface area contributed by atoms with Crippen molar-refractivity contribution in [3.63, 3.8) is 0 Å². The van der Waals surface area contributed by atoms with Gasteiger partial charge in [-0.05, 0) is 43.5 Å². The molecule has 1 aliphatic rings. The van der Waals surface area contributed by atoms with E-state index < -0.39 is 0 Å². The van der Waals surface area contributed by atoms with Crippen molar-refractivity contribution in [2.45, 2.75) is 52.6 Å². The van der Waals surface area contributed by atoms with Crippen LogP contribution in [0, 0.1) is 5.92 Å². The summed E-state index contributed by atoms with van der Waals surface area (Å²) in [6.45, 7) is 11.8. The Bertz CT molecular complexity index is 418. The Kier molecular flexibility index (Phi) is 5.92. The quantitative estimate of drug-likeness (QED) is 0.865. The number of rotatable bonds is 6. The lowest BCUT2D eigenvalue weighted by molar-refractivity contribution is 0.306. The first-order valence-corrected chi connectivity index (χ1v) is 8.42. The maximum Gasteiger partial charge on any atom is 0.119 e. The van der Waals surface area contributed by atoms with Gasteiger partial charge >= 0.3 is 0 Å². The Labute approximate surface area is 129 Å². The molecule has 1 aromatic rings. The molecule has 0 aromatic heterocycles. The first-order valence-electron chi connectivity index (χ1n) is 8.42. The van der Waals surface area contributed by atoms with E-state index in [-0.39, 0.29) is 0 Å². The minimum atomic E-state index is 0.586. The maximum atomic E-state index is 5.55. The molecule has 1 saturated heterocycles. The molecule has 2 rings (SSSR count). The van der Waals surface area contributed by atoms with Crippen LogP contribution >= 0.6 is 0 Å². The van der Waals surface area contributed by atoms with Crippen LogP contribution in [0.3, 0.4) is 0 Å². The average molecular weight is 290 g/mol. The Hall–Kier alpha value is -1.22. The molecule has 1 heterocycles. The first-order chi connectivity index (χ1) is 10.2. The van der Waals surface area contributed by atoms with Crippen LogP contribution in [-0.4, -0.2) is 31.8 Å². The summed E-state index contributed by atoms with van der Waals surface area (Å²) in [5.74, 6) is 1.68. The van der Waals surface area contributed by atoms with Gasteiger partial charge < -0.3 is 15.0 Å². The van der Waals surface area contributed by atoms with Crippen LogP contribution in [0.1, 0.15) is 40.5 Å². The van der Waals surface area contributed by atoms with Gasteiger partial charge in [0.15, 0.2) is 0 Å². The van der Waals surface area contributed by atoms with Crippen molar-refractivity contribution >= 4 is 5.69 Å². The van der Waals surface area contributed by atoms with Gasteiger partial charge in [-0.15, -0.1) is 0 Å². The highest BCUT2D eigenvalue weighted by Gasteiger charge is 2.29. The molecule has 118 valence electrons. The zero-order valence-corrected chi connectivity index (χ0v) is 13.9. The van der Waals surface area contributed by atoms with Crippen molar-refractivity contribution in [2.24, 2.45) is 5.92 Å². The van der Waals surface area contributed by atoms with Crippen LogP contribution in [0.5, 0.6) is 5.75 Å². The summed E-state index contributed by atoms with van der Waals surface area (Å²) in [7, 11) is 0. The van der Waals surface area contributed by atoms with E-state index in [2.05, 4.69) is 55.3 Å². The van der Waals surface area contributed by atoms with Gasteiger partial charge in [-0.2, -0.15) is 0 Å². The molecule has 0 radical (unpaired) electrons. The molecule has 0 saturated carbocycles. The highest BCUT2D eigenvalue weighted by atomic mass is 16.5. The minimum absolute atomic E-state index is 0.586. The Morgan fingerprint density at radius 3 is 2.52 bits per heavy atom. The van der Waals surface area contributed by atoms with E-state index in [0.29, 0.717) is 18.0 Å². The van der Waals surface area contributed by atoms with Crippen molar-refractivity contribution in [3.05, 3.63) is 24.3 Å². The zero-order valence-electron chi connectivity index (χ0n) is 13.9. The smallest absolute Gasteiger partial charge is 0.119 e. The molecule has 1 fully saturated rings. The van der Waals surface area contributed by atoms with Crippen LogP contribution in [-0.2, 0) is 0 Å². The van der Waals surface area contributed by atoms with Gasteiger partial charge in [-0.25, -0.2) is 0 Å². The van der Waals surface area contributed by atoms with E-state index in [1.807, 2.05) is 6.92 Å². The second-order valence-electron chi connectivity index (χ2n) is 6.04. The molecule has 3 atom stereocenters.